The van der Waals surface area contributed by atoms with Gasteiger partial charge in [0.25, 0.3) is 11.5 Å². The minimum absolute atomic E-state index is 0.150. The molecule has 0 aliphatic carbocycles. The van der Waals surface area contributed by atoms with E-state index < -0.39 is 0 Å². The van der Waals surface area contributed by atoms with Crippen LogP contribution < -0.4 is 10.3 Å². The average Bonchev–Trinajstić information content (AvgIpc) is 2.92. The van der Waals surface area contributed by atoms with Crippen molar-refractivity contribution in [1.29, 1.82) is 0 Å². The fraction of sp³-hybridized carbons (Fsp3) is 0.448. The molecule has 1 atom stereocenters. The molecule has 3 heterocycles. The lowest BCUT2D eigenvalue weighted by Crippen LogP contribution is -2.44. The van der Waals surface area contributed by atoms with Crippen LogP contribution in [0.5, 0.6) is 5.75 Å². The van der Waals surface area contributed by atoms with Crippen LogP contribution in [0.4, 0.5) is 0 Å². The molecule has 0 saturated carbocycles. The molecule has 2 aromatic carbocycles. The Hall–Kier alpha value is -3.68. The highest BCUT2D eigenvalue weighted by Gasteiger charge is 2.27. The van der Waals surface area contributed by atoms with Crippen molar-refractivity contribution >= 4 is 22.7 Å². The van der Waals surface area contributed by atoms with E-state index in [0.717, 1.165) is 44.4 Å². The van der Waals surface area contributed by atoms with E-state index in [1.165, 1.54) is 16.5 Å². The molecule has 194 valence electrons. The quantitative estimate of drug-likeness (QED) is 0.508. The first-order chi connectivity index (χ1) is 18.0. The van der Waals surface area contributed by atoms with Crippen LogP contribution in [0.1, 0.15) is 54.4 Å². The highest BCUT2D eigenvalue weighted by atomic mass is 16.5. The molecule has 0 radical (unpaired) electrons. The average molecular weight is 503 g/mol. The monoisotopic (exact) mass is 502 g/mol. The highest BCUT2D eigenvalue weighted by molar-refractivity contribution is 5.97. The van der Waals surface area contributed by atoms with E-state index in [-0.39, 0.29) is 23.4 Å². The van der Waals surface area contributed by atoms with E-state index in [1.54, 1.807) is 30.1 Å². The number of aromatic nitrogens is 2. The summed E-state index contributed by atoms with van der Waals surface area (Å²) < 4.78 is 7.46. The minimum Gasteiger partial charge on any atom is -0.492 e. The van der Waals surface area contributed by atoms with Gasteiger partial charge in [-0.3, -0.25) is 14.4 Å². The number of amides is 2. The molecule has 5 rings (SSSR count). The molecule has 2 aliphatic heterocycles. The summed E-state index contributed by atoms with van der Waals surface area (Å²) in [6.45, 7) is 2.02. The van der Waals surface area contributed by atoms with E-state index >= 15 is 0 Å². The SMILES string of the molecule is Cn1cnc2cc(C(=O)N3CCCC(=O)N4CCCCC4CCc4cccc(c4)OCC3)ccc2c1=O. The number of hydrogen-bond acceptors (Lipinski definition) is 5. The standard InChI is InChI=1S/C29H34N4O4/c1-31-20-30-26-19-22(11-13-25(26)29(31)36)28(35)32-14-5-9-27(34)33-15-3-2-7-23(33)12-10-21-6-4-8-24(18-21)37-17-16-32/h4,6,8,11,13,18-20,23H,2-3,5,7,9-10,12,14-17H2,1H3. The second-order valence-electron chi connectivity index (χ2n) is 10.1. The number of benzene rings is 2. The third-order valence-corrected chi connectivity index (χ3v) is 7.51. The maximum absolute atomic E-state index is 13.5. The Balaban J connectivity index is 1.38. The first kappa shape index (κ1) is 25.0. The van der Waals surface area contributed by atoms with Gasteiger partial charge in [-0.05, 0) is 74.4 Å². The predicted molar refractivity (Wildman–Crippen MR) is 142 cm³/mol. The van der Waals surface area contributed by atoms with Crippen LogP contribution in [0.15, 0.2) is 53.6 Å². The number of nitrogens with zero attached hydrogens (tertiary/aromatic N) is 4. The summed E-state index contributed by atoms with van der Waals surface area (Å²) in [4.78, 5) is 47.2. The second kappa shape index (κ2) is 11.2. The normalized spacial score (nSPS) is 19.5. The number of rotatable bonds is 1. The van der Waals surface area contributed by atoms with Crippen LogP contribution in [0.25, 0.3) is 10.9 Å². The van der Waals surface area contributed by atoms with Gasteiger partial charge in [-0.25, -0.2) is 4.98 Å². The van der Waals surface area contributed by atoms with Crippen molar-refractivity contribution in [3.05, 3.63) is 70.3 Å². The van der Waals surface area contributed by atoms with Crippen molar-refractivity contribution in [2.24, 2.45) is 7.05 Å². The van der Waals surface area contributed by atoms with Gasteiger partial charge in [-0.1, -0.05) is 12.1 Å². The molecule has 37 heavy (non-hydrogen) atoms. The van der Waals surface area contributed by atoms with Crippen LogP contribution in [-0.2, 0) is 18.3 Å². The molecule has 1 saturated heterocycles. The van der Waals surface area contributed by atoms with Crippen molar-refractivity contribution in [3.63, 3.8) is 0 Å². The summed E-state index contributed by atoms with van der Waals surface area (Å²) in [5, 5.41) is 0.475. The third kappa shape index (κ3) is 5.68. The summed E-state index contributed by atoms with van der Waals surface area (Å²) in [5.74, 6) is 0.819. The number of carbonyl (C=O) groups excluding carboxylic acids is 2. The lowest BCUT2D eigenvalue weighted by molar-refractivity contribution is -0.135. The Morgan fingerprint density at radius 2 is 1.86 bits per heavy atom. The predicted octanol–water partition coefficient (Wildman–Crippen LogP) is 3.56. The van der Waals surface area contributed by atoms with Gasteiger partial charge < -0.3 is 19.1 Å². The van der Waals surface area contributed by atoms with Crippen LogP contribution in [0.3, 0.4) is 0 Å². The summed E-state index contributed by atoms with van der Waals surface area (Å²) >= 11 is 0. The molecule has 8 heteroatoms. The lowest BCUT2D eigenvalue weighted by Gasteiger charge is -2.36. The van der Waals surface area contributed by atoms with E-state index in [0.29, 0.717) is 49.0 Å². The maximum atomic E-state index is 13.5. The molecule has 2 amide bonds. The molecule has 2 aliphatic rings. The van der Waals surface area contributed by atoms with Crippen LogP contribution in [-0.4, -0.2) is 63.4 Å². The number of ether oxygens (including phenoxy) is 1. The van der Waals surface area contributed by atoms with Gasteiger partial charge in [0.1, 0.15) is 12.4 Å². The summed E-state index contributed by atoms with van der Waals surface area (Å²) in [7, 11) is 1.65. The fourth-order valence-corrected chi connectivity index (χ4v) is 5.43. The molecular weight excluding hydrogens is 468 g/mol. The van der Waals surface area contributed by atoms with E-state index in [2.05, 4.69) is 22.0 Å². The molecule has 0 spiro atoms. The Morgan fingerprint density at radius 3 is 2.76 bits per heavy atom. The maximum Gasteiger partial charge on any atom is 0.260 e. The largest absolute Gasteiger partial charge is 0.492 e. The second-order valence-corrected chi connectivity index (χ2v) is 10.1. The smallest absolute Gasteiger partial charge is 0.260 e. The highest BCUT2D eigenvalue weighted by Crippen LogP contribution is 2.24. The molecule has 1 unspecified atom stereocenters. The Labute approximate surface area is 216 Å². The molecule has 0 N–H and O–H groups in total. The van der Waals surface area contributed by atoms with Gasteiger partial charge >= 0.3 is 0 Å². The Kier molecular flexibility index (Phi) is 7.53. The topological polar surface area (TPSA) is 84.7 Å². The third-order valence-electron chi connectivity index (χ3n) is 7.51. The minimum atomic E-state index is -0.158. The van der Waals surface area contributed by atoms with Gasteiger partial charge in [-0.2, -0.15) is 0 Å². The van der Waals surface area contributed by atoms with Crippen molar-refractivity contribution in [1.82, 2.24) is 19.4 Å². The number of carbonyl (C=O) groups is 2. The van der Waals surface area contributed by atoms with Crippen molar-refractivity contribution in [2.45, 2.75) is 51.0 Å². The summed E-state index contributed by atoms with van der Waals surface area (Å²) in [6.07, 6.45) is 7.60. The Bertz CT molecular complexity index is 1350. The van der Waals surface area contributed by atoms with Crippen molar-refractivity contribution in [2.75, 3.05) is 26.2 Å². The van der Waals surface area contributed by atoms with Crippen LogP contribution in [0, 0.1) is 0 Å². The number of hydrogen-bond donors (Lipinski definition) is 0. The van der Waals surface area contributed by atoms with Crippen LogP contribution >= 0.6 is 0 Å². The zero-order chi connectivity index (χ0) is 25.8. The van der Waals surface area contributed by atoms with Gasteiger partial charge in [0.2, 0.25) is 5.91 Å². The zero-order valence-electron chi connectivity index (χ0n) is 21.4. The van der Waals surface area contributed by atoms with Crippen molar-refractivity contribution in [3.8, 4) is 5.75 Å². The summed E-state index contributed by atoms with van der Waals surface area (Å²) in [5.41, 5.74) is 2.01. The van der Waals surface area contributed by atoms with Gasteiger partial charge in [0.15, 0.2) is 0 Å². The lowest BCUT2D eigenvalue weighted by atomic mass is 9.95. The molecular formula is C29H34N4O4. The van der Waals surface area contributed by atoms with E-state index in [9.17, 15) is 14.4 Å². The fourth-order valence-electron chi connectivity index (χ4n) is 5.43. The number of piperidine rings is 1. The summed E-state index contributed by atoms with van der Waals surface area (Å²) in [6, 6.07) is 13.4. The van der Waals surface area contributed by atoms with E-state index in [1.807, 2.05) is 12.1 Å². The van der Waals surface area contributed by atoms with Gasteiger partial charge in [-0.15, -0.1) is 0 Å². The first-order valence-corrected chi connectivity index (χ1v) is 13.3. The van der Waals surface area contributed by atoms with Crippen LogP contribution in [0.2, 0.25) is 0 Å². The van der Waals surface area contributed by atoms with Gasteiger partial charge in [0, 0.05) is 38.2 Å². The van der Waals surface area contributed by atoms with E-state index in [4.69, 9.17) is 4.74 Å². The van der Waals surface area contributed by atoms with Crippen molar-refractivity contribution < 1.29 is 14.3 Å². The molecule has 1 fully saturated rings. The first-order valence-electron chi connectivity index (χ1n) is 13.3. The number of fused-ring (bicyclic) bond motifs is 4. The molecule has 1 aromatic heterocycles. The number of aryl methyl sites for hydroxylation is 2. The zero-order valence-corrected chi connectivity index (χ0v) is 21.4. The Morgan fingerprint density at radius 1 is 0.973 bits per heavy atom. The molecule has 8 nitrogen and oxygen atoms in total. The van der Waals surface area contributed by atoms with Gasteiger partial charge in [0.05, 0.1) is 23.8 Å². The molecule has 2 bridgehead atoms. The molecule has 3 aromatic rings.